The second-order valence-corrected chi connectivity index (χ2v) is 6.99. The molecule has 2 N–H and O–H groups in total. The molecular formula is C19H29N3O. The summed E-state index contributed by atoms with van der Waals surface area (Å²) in [6.45, 7) is 3.36. The number of nitrogens with zero attached hydrogens (tertiary/aromatic N) is 2. The second-order valence-electron chi connectivity index (χ2n) is 6.99. The van der Waals surface area contributed by atoms with Crippen LogP contribution in [0.5, 0.6) is 0 Å². The van der Waals surface area contributed by atoms with Crippen LogP contribution in [0.3, 0.4) is 0 Å². The van der Waals surface area contributed by atoms with Crippen LogP contribution in [0.1, 0.15) is 38.5 Å². The number of rotatable bonds is 4. The van der Waals surface area contributed by atoms with Crippen LogP contribution in [0.25, 0.3) is 0 Å². The molecule has 4 nitrogen and oxygen atoms in total. The van der Waals surface area contributed by atoms with Crippen LogP contribution in [0.2, 0.25) is 0 Å². The van der Waals surface area contributed by atoms with Crippen LogP contribution in [-0.2, 0) is 4.79 Å². The molecule has 1 amide bonds. The number of anilines is 1. The third kappa shape index (κ3) is 4.25. The summed E-state index contributed by atoms with van der Waals surface area (Å²) >= 11 is 0. The second kappa shape index (κ2) is 7.82. The number of para-hydroxylation sites is 1. The van der Waals surface area contributed by atoms with Gasteiger partial charge in [0, 0.05) is 31.9 Å². The maximum absolute atomic E-state index is 12.6. The van der Waals surface area contributed by atoms with Gasteiger partial charge >= 0.3 is 0 Å². The molecular weight excluding hydrogens is 286 g/mol. The van der Waals surface area contributed by atoms with E-state index in [9.17, 15) is 4.79 Å². The van der Waals surface area contributed by atoms with E-state index in [1.54, 1.807) is 0 Å². The average Bonchev–Trinajstić information content (AvgIpc) is 2.63. The van der Waals surface area contributed by atoms with Gasteiger partial charge in [0.2, 0.25) is 5.91 Å². The minimum Gasteiger partial charge on any atom is -0.368 e. The van der Waals surface area contributed by atoms with Gasteiger partial charge in [0.25, 0.3) is 0 Å². The van der Waals surface area contributed by atoms with Crippen LogP contribution in [0, 0.1) is 5.92 Å². The quantitative estimate of drug-likeness (QED) is 0.929. The molecule has 0 radical (unpaired) electrons. The van der Waals surface area contributed by atoms with Crippen LogP contribution >= 0.6 is 0 Å². The topological polar surface area (TPSA) is 49.6 Å². The van der Waals surface area contributed by atoms with Crippen LogP contribution < -0.4 is 10.6 Å². The highest BCUT2D eigenvalue weighted by molar-refractivity contribution is 5.82. The number of nitrogens with two attached hydrogens (primary N) is 1. The molecule has 1 unspecified atom stereocenters. The lowest BCUT2D eigenvalue weighted by molar-refractivity contribution is -0.133. The van der Waals surface area contributed by atoms with E-state index in [0.29, 0.717) is 5.92 Å². The van der Waals surface area contributed by atoms with Crippen molar-refractivity contribution in [2.45, 2.75) is 44.6 Å². The van der Waals surface area contributed by atoms with E-state index in [1.807, 2.05) is 11.0 Å². The van der Waals surface area contributed by atoms with Gasteiger partial charge in [-0.1, -0.05) is 50.3 Å². The molecule has 23 heavy (non-hydrogen) atoms. The van der Waals surface area contributed by atoms with Crippen molar-refractivity contribution >= 4 is 11.6 Å². The van der Waals surface area contributed by atoms with E-state index in [2.05, 4.69) is 29.2 Å². The maximum atomic E-state index is 12.6. The first-order valence-corrected chi connectivity index (χ1v) is 9.08. The number of carbonyl (C=O) groups excluding carboxylic acids is 1. The molecule has 0 spiro atoms. The van der Waals surface area contributed by atoms with Crippen molar-refractivity contribution in [1.29, 1.82) is 0 Å². The molecule has 0 bridgehead atoms. The zero-order chi connectivity index (χ0) is 16.1. The van der Waals surface area contributed by atoms with Crippen molar-refractivity contribution in [2.75, 3.05) is 31.1 Å². The lowest BCUT2D eigenvalue weighted by Crippen LogP contribution is -2.53. The minimum absolute atomic E-state index is 0.156. The van der Waals surface area contributed by atoms with Crippen molar-refractivity contribution < 1.29 is 4.79 Å². The van der Waals surface area contributed by atoms with Gasteiger partial charge in [0.15, 0.2) is 0 Å². The standard InChI is InChI=1S/C19H29N3O/c20-18(15-16-7-3-1-4-8-16)19(23)22-13-11-21(12-14-22)17-9-5-2-6-10-17/h2,5-6,9-10,16,18H,1,3-4,7-8,11-15,20H2. The summed E-state index contributed by atoms with van der Waals surface area (Å²) in [5.41, 5.74) is 7.46. The largest absolute Gasteiger partial charge is 0.368 e. The summed E-state index contributed by atoms with van der Waals surface area (Å²) in [7, 11) is 0. The number of amides is 1. The first kappa shape index (κ1) is 16.3. The van der Waals surface area contributed by atoms with Crippen LogP contribution in [-0.4, -0.2) is 43.0 Å². The molecule has 1 aromatic carbocycles. The Morgan fingerprint density at radius 3 is 2.35 bits per heavy atom. The highest BCUT2D eigenvalue weighted by Gasteiger charge is 2.27. The summed E-state index contributed by atoms with van der Waals surface area (Å²) in [6, 6.07) is 10.1. The Labute approximate surface area is 139 Å². The van der Waals surface area contributed by atoms with Crippen molar-refractivity contribution in [1.82, 2.24) is 4.90 Å². The molecule has 1 saturated carbocycles. The monoisotopic (exact) mass is 315 g/mol. The Kier molecular flexibility index (Phi) is 5.55. The smallest absolute Gasteiger partial charge is 0.239 e. The fraction of sp³-hybridized carbons (Fsp3) is 0.632. The Bertz CT molecular complexity index is 491. The molecule has 1 saturated heterocycles. The van der Waals surface area contributed by atoms with Gasteiger partial charge in [-0.25, -0.2) is 0 Å². The Balaban J connectivity index is 1.47. The summed E-state index contributed by atoms with van der Waals surface area (Å²) in [5.74, 6) is 0.816. The first-order chi connectivity index (χ1) is 11.2. The lowest BCUT2D eigenvalue weighted by Gasteiger charge is -2.37. The predicted molar refractivity (Wildman–Crippen MR) is 94.4 cm³/mol. The Hall–Kier alpha value is -1.55. The van der Waals surface area contributed by atoms with Crippen LogP contribution in [0.15, 0.2) is 30.3 Å². The third-order valence-corrected chi connectivity index (χ3v) is 5.34. The van der Waals surface area contributed by atoms with Crippen molar-refractivity contribution in [3.63, 3.8) is 0 Å². The van der Waals surface area contributed by atoms with E-state index in [4.69, 9.17) is 5.73 Å². The van der Waals surface area contributed by atoms with Gasteiger partial charge in [-0.3, -0.25) is 4.79 Å². The molecule has 1 aliphatic carbocycles. The zero-order valence-electron chi connectivity index (χ0n) is 14.0. The van der Waals surface area contributed by atoms with Gasteiger partial charge in [0.05, 0.1) is 6.04 Å². The predicted octanol–water partition coefficient (Wildman–Crippen LogP) is 2.63. The van der Waals surface area contributed by atoms with Crippen LogP contribution in [0.4, 0.5) is 5.69 Å². The van der Waals surface area contributed by atoms with Gasteiger partial charge in [-0.15, -0.1) is 0 Å². The number of carbonyl (C=O) groups is 1. The van der Waals surface area contributed by atoms with E-state index < -0.39 is 0 Å². The van der Waals surface area contributed by atoms with Crippen molar-refractivity contribution in [3.05, 3.63) is 30.3 Å². The summed E-state index contributed by atoms with van der Waals surface area (Å²) in [6.07, 6.45) is 7.34. The van der Waals surface area contributed by atoms with Crippen molar-refractivity contribution in [2.24, 2.45) is 11.7 Å². The maximum Gasteiger partial charge on any atom is 0.239 e. The van der Waals surface area contributed by atoms with Gasteiger partial charge in [-0.2, -0.15) is 0 Å². The molecule has 1 aliphatic heterocycles. The molecule has 0 aromatic heterocycles. The lowest BCUT2D eigenvalue weighted by atomic mass is 9.84. The number of hydrogen-bond acceptors (Lipinski definition) is 3. The highest BCUT2D eigenvalue weighted by Crippen LogP contribution is 2.27. The molecule has 1 aromatic rings. The number of piperazine rings is 1. The summed E-state index contributed by atoms with van der Waals surface area (Å²) in [5, 5.41) is 0. The third-order valence-electron chi connectivity index (χ3n) is 5.34. The highest BCUT2D eigenvalue weighted by atomic mass is 16.2. The molecule has 126 valence electrons. The normalized spacial score (nSPS) is 21.3. The Morgan fingerprint density at radius 1 is 1.04 bits per heavy atom. The molecule has 1 atom stereocenters. The van der Waals surface area contributed by atoms with E-state index in [-0.39, 0.29) is 11.9 Å². The average molecular weight is 315 g/mol. The number of hydrogen-bond donors (Lipinski definition) is 1. The zero-order valence-corrected chi connectivity index (χ0v) is 14.0. The van der Waals surface area contributed by atoms with E-state index >= 15 is 0 Å². The molecule has 1 heterocycles. The fourth-order valence-electron chi connectivity index (χ4n) is 3.94. The summed E-state index contributed by atoms with van der Waals surface area (Å²) in [4.78, 5) is 16.9. The Morgan fingerprint density at radius 2 is 1.70 bits per heavy atom. The fourth-order valence-corrected chi connectivity index (χ4v) is 3.94. The molecule has 4 heteroatoms. The van der Waals surface area contributed by atoms with E-state index in [1.165, 1.54) is 37.8 Å². The summed E-state index contributed by atoms with van der Waals surface area (Å²) < 4.78 is 0. The number of benzene rings is 1. The SMILES string of the molecule is NC(CC1CCCCC1)C(=O)N1CCN(c2ccccc2)CC1. The van der Waals surface area contributed by atoms with Crippen molar-refractivity contribution in [3.8, 4) is 0 Å². The molecule has 3 rings (SSSR count). The minimum atomic E-state index is -0.304. The first-order valence-electron chi connectivity index (χ1n) is 9.08. The van der Waals surface area contributed by atoms with Gasteiger partial charge in [0.1, 0.15) is 0 Å². The van der Waals surface area contributed by atoms with Gasteiger partial charge < -0.3 is 15.5 Å². The van der Waals surface area contributed by atoms with Gasteiger partial charge in [-0.05, 0) is 24.5 Å². The molecule has 2 fully saturated rings. The molecule has 2 aliphatic rings. The van der Waals surface area contributed by atoms with E-state index in [0.717, 1.165) is 32.6 Å².